The van der Waals surface area contributed by atoms with E-state index in [2.05, 4.69) is 15.0 Å². The summed E-state index contributed by atoms with van der Waals surface area (Å²) >= 11 is 5.94. The monoisotopic (exact) mass is 249 g/mol. The lowest BCUT2D eigenvalue weighted by Crippen LogP contribution is -1.96. The number of ether oxygens (including phenoxy) is 1. The molecule has 0 spiro atoms. The number of hydrogen-bond acceptors (Lipinski definition) is 4. The SMILES string of the molecule is CCc1nc(Cl)cc(-c2ccc(OC)nc2)n1. The Balaban J connectivity index is 2.41. The molecular weight excluding hydrogens is 238 g/mol. The van der Waals surface area contributed by atoms with Crippen molar-refractivity contribution in [2.24, 2.45) is 0 Å². The zero-order valence-electron chi connectivity index (χ0n) is 9.64. The first-order valence-corrected chi connectivity index (χ1v) is 5.64. The molecule has 4 nitrogen and oxygen atoms in total. The fourth-order valence-electron chi connectivity index (χ4n) is 1.42. The molecule has 0 unspecified atom stereocenters. The molecule has 0 fully saturated rings. The second kappa shape index (κ2) is 5.10. The van der Waals surface area contributed by atoms with E-state index in [0.29, 0.717) is 11.0 Å². The van der Waals surface area contributed by atoms with E-state index in [0.717, 1.165) is 23.5 Å². The molecule has 17 heavy (non-hydrogen) atoms. The predicted octanol–water partition coefficient (Wildman–Crippen LogP) is 2.76. The van der Waals surface area contributed by atoms with E-state index in [1.807, 2.05) is 13.0 Å². The molecule has 0 radical (unpaired) electrons. The Morgan fingerprint density at radius 2 is 2.12 bits per heavy atom. The predicted molar refractivity (Wildman–Crippen MR) is 66.2 cm³/mol. The summed E-state index contributed by atoms with van der Waals surface area (Å²) in [5.74, 6) is 1.30. The number of aromatic nitrogens is 3. The third-order valence-electron chi connectivity index (χ3n) is 2.30. The Hall–Kier alpha value is -1.68. The highest BCUT2D eigenvalue weighted by Gasteiger charge is 2.05. The summed E-state index contributed by atoms with van der Waals surface area (Å²) in [5.41, 5.74) is 1.67. The molecule has 2 rings (SSSR count). The molecule has 0 saturated carbocycles. The van der Waals surface area contributed by atoms with Crippen LogP contribution in [0.4, 0.5) is 0 Å². The fourth-order valence-corrected chi connectivity index (χ4v) is 1.62. The summed E-state index contributed by atoms with van der Waals surface area (Å²) in [6.07, 6.45) is 2.45. The van der Waals surface area contributed by atoms with E-state index in [-0.39, 0.29) is 0 Å². The third kappa shape index (κ3) is 2.71. The van der Waals surface area contributed by atoms with Gasteiger partial charge in [-0.2, -0.15) is 0 Å². The highest BCUT2D eigenvalue weighted by Crippen LogP contribution is 2.20. The van der Waals surface area contributed by atoms with E-state index in [4.69, 9.17) is 16.3 Å². The average molecular weight is 250 g/mol. The normalized spacial score (nSPS) is 10.3. The summed E-state index contributed by atoms with van der Waals surface area (Å²) in [6, 6.07) is 5.41. The number of methoxy groups -OCH3 is 1. The lowest BCUT2D eigenvalue weighted by molar-refractivity contribution is 0.398. The van der Waals surface area contributed by atoms with E-state index >= 15 is 0 Å². The lowest BCUT2D eigenvalue weighted by atomic mass is 10.2. The molecule has 0 aliphatic carbocycles. The van der Waals surface area contributed by atoms with Gasteiger partial charge in [0.15, 0.2) is 0 Å². The van der Waals surface area contributed by atoms with Gasteiger partial charge in [0.25, 0.3) is 0 Å². The fraction of sp³-hybridized carbons (Fsp3) is 0.250. The van der Waals surface area contributed by atoms with Crippen LogP contribution in [-0.4, -0.2) is 22.1 Å². The van der Waals surface area contributed by atoms with Gasteiger partial charge in [0.05, 0.1) is 12.8 Å². The molecule has 0 bridgehead atoms. The number of aryl methyl sites for hydroxylation is 1. The standard InChI is InChI=1S/C12H12ClN3O/c1-3-11-15-9(6-10(13)16-11)8-4-5-12(17-2)14-7-8/h4-7H,3H2,1-2H3. The summed E-state index contributed by atoms with van der Waals surface area (Å²) in [7, 11) is 1.58. The molecule has 88 valence electrons. The van der Waals surface area contributed by atoms with E-state index in [9.17, 15) is 0 Å². The van der Waals surface area contributed by atoms with E-state index in [1.54, 1.807) is 25.4 Å². The average Bonchev–Trinajstić information content (AvgIpc) is 2.38. The van der Waals surface area contributed by atoms with Gasteiger partial charge in [-0.15, -0.1) is 0 Å². The van der Waals surface area contributed by atoms with Gasteiger partial charge in [0.1, 0.15) is 11.0 Å². The Bertz CT molecular complexity index is 514. The first kappa shape index (κ1) is 11.8. The maximum Gasteiger partial charge on any atom is 0.212 e. The molecule has 2 aromatic rings. The number of halogens is 1. The smallest absolute Gasteiger partial charge is 0.212 e. The summed E-state index contributed by atoms with van der Waals surface area (Å²) in [5, 5.41) is 0.447. The molecule has 0 N–H and O–H groups in total. The van der Waals surface area contributed by atoms with Gasteiger partial charge < -0.3 is 4.74 Å². The van der Waals surface area contributed by atoms with Crippen molar-refractivity contribution in [3.63, 3.8) is 0 Å². The minimum Gasteiger partial charge on any atom is -0.481 e. The maximum absolute atomic E-state index is 5.94. The van der Waals surface area contributed by atoms with E-state index in [1.165, 1.54) is 0 Å². The largest absolute Gasteiger partial charge is 0.481 e. The van der Waals surface area contributed by atoms with Crippen molar-refractivity contribution in [3.8, 4) is 17.1 Å². The van der Waals surface area contributed by atoms with Gasteiger partial charge >= 0.3 is 0 Å². The molecule has 0 aromatic carbocycles. The molecule has 5 heteroatoms. The van der Waals surface area contributed by atoms with Gasteiger partial charge in [-0.1, -0.05) is 18.5 Å². The van der Waals surface area contributed by atoms with Crippen LogP contribution in [0.1, 0.15) is 12.7 Å². The van der Waals surface area contributed by atoms with Gasteiger partial charge in [-0.3, -0.25) is 0 Å². The number of rotatable bonds is 3. The van der Waals surface area contributed by atoms with Crippen LogP contribution in [0.5, 0.6) is 5.88 Å². The number of hydrogen-bond donors (Lipinski definition) is 0. The summed E-state index contributed by atoms with van der Waals surface area (Å²) in [4.78, 5) is 12.7. The van der Waals surface area contributed by atoms with Crippen LogP contribution in [0.15, 0.2) is 24.4 Å². The Morgan fingerprint density at radius 1 is 1.29 bits per heavy atom. The van der Waals surface area contributed by atoms with Crippen LogP contribution in [0, 0.1) is 0 Å². The van der Waals surface area contributed by atoms with Crippen molar-refractivity contribution in [2.45, 2.75) is 13.3 Å². The van der Waals surface area contributed by atoms with Crippen LogP contribution < -0.4 is 4.74 Å². The van der Waals surface area contributed by atoms with Crippen molar-refractivity contribution >= 4 is 11.6 Å². The quantitative estimate of drug-likeness (QED) is 0.785. The Kier molecular flexibility index (Phi) is 3.54. The lowest BCUT2D eigenvalue weighted by Gasteiger charge is -2.04. The number of nitrogens with zero attached hydrogens (tertiary/aromatic N) is 3. The number of pyridine rings is 1. The molecule has 0 amide bonds. The molecular formula is C12H12ClN3O. The third-order valence-corrected chi connectivity index (χ3v) is 2.49. The van der Waals surface area contributed by atoms with Crippen LogP contribution in [-0.2, 0) is 6.42 Å². The second-order valence-electron chi connectivity index (χ2n) is 3.43. The van der Waals surface area contributed by atoms with Gasteiger partial charge in [0.2, 0.25) is 5.88 Å². The minimum absolute atomic E-state index is 0.447. The zero-order chi connectivity index (χ0) is 12.3. The van der Waals surface area contributed by atoms with Crippen molar-refractivity contribution in [1.29, 1.82) is 0 Å². The minimum atomic E-state index is 0.447. The Labute approximate surface area is 105 Å². The van der Waals surface area contributed by atoms with Gasteiger partial charge in [-0.25, -0.2) is 15.0 Å². The highest BCUT2D eigenvalue weighted by molar-refractivity contribution is 6.29. The highest BCUT2D eigenvalue weighted by atomic mass is 35.5. The van der Waals surface area contributed by atoms with Crippen molar-refractivity contribution in [1.82, 2.24) is 15.0 Å². The van der Waals surface area contributed by atoms with Crippen LogP contribution >= 0.6 is 11.6 Å². The summed E-state index contributed by atoms with van der Waals surface area (Å²) in [6.45, 7) is 1.99. The zero-order valence-corrected chi connectivity index (χ0v) is 10.4. The molecule has 2 aromatic heterocycles. The molecule has 0 atom stereocenters. The van der Waals surface area contributed by atoms with Crippen molar-refractivity contribution in [2.75, 3.05) is 7.11 Å². The van der Waals surface area contributed by atoms with Crippen molar-refractivity contribution in [3.05, 3.63) is 35.4 Å². The maximum atomic E-state index is 5.94. The molecule has 0 aliphatic heterocycles. The first-order valence-electron chi connectivity index (χ1n) is 5.26. The van der Waals surface area contributed by atoms with E-state index < -0.39 is 0 Å². The molecule has 0 aliphatic rings. The second-order valence-corrected chi connectivity index (χ2v) is 3.82. The Morgan fingerprint density at radius 3 is 2.71 bits per heavy atom. The van der Waals surface area contributed by atoms with Crippen LogP contribution in [0.25, 0.3) is 11.3 Å². The van der Waals surface area contributed by atoms with Crippen molar-refractivity contribution < 1.29 is 4.74 Å². The first-order chi connectivity index (χ1) is 8.22. The molecule has 2 heterocycles. The van der Waals surface area contributed by atoms with Gasteiger partial charge in [-0.05, 0) is 6.07 Å². The topological polar surface area (TPSA) is 47.9 Å². The van der Waals surface area contributed by atoms with Crippen LogP contribution in [0.3, 0.4) is 0 Å². The molecule has 0 saturated heterocycles. The van der Waals surface area contributed by atoms with Gasteiger partial charge in [0, 0.05) is 30.3 Å². The van der Waals surface area contributed by atoms with Crippen LogP contribution in [0.2, 0.25) is 5.15 Å². The summed E-state index contributed by atoms with van der Waals surface area (Å²) < 4.78 is 5.00.